The van der Waals surface area contributed by atoms with E-state index in [2.05, 4.69) is 48.0 Å². The van der Waals surface area contributed by atoms with E-state index >= 15 is 0 Å². The molecule has 1 rings (SSSR count). The van der Waals surface area contributed by atoms with Gasteiger partial charge in [-0.2, -0.15) is 11.8 Å². The van der Waals surface area contributed by atoms with Gasteiger partial charge in [0, 0.05) is 37.2 Å². The van der Waals surface area contributed by atoms with Crippen molar-refractivity contribution in [3.8, 4) is 0 Å². The third-order valence-electron chi connectivity index (χ3n) is 2.79. The number of likely N-dealkylation sites (N-methyl/N-ethyl adjacent to an activating group) is 2. The summed E-state index contributed by atoms with van der Waals surface area (Å²) in [5, 5.41) is 3.58. The molecule has 90 valence electrons. The molecule has 15 heavy (non-hydrogen) atoms. The molecule has 0 aromatic carbocycles. The minimum atomic E-state index is 0.741. The van der Waals surface area contributed by atoms with Crippen LogP contribution in [0.2, 0.25) is 0 Å². The van der Waals surface area contributed by atoms with Gasteiger partial charge in [0.05, 0.1) is 0 Å². The number of nitrogens with zero attached hydrogens (tertiary/aromatic N) is 2. The molecule has 1 fully saturated rings. The van der Waals surface area contributed by atoms with Crippen molar-refractivity contribution >= 4 is 11.8 Å². The van der Waals surface area contributed by atoms with Gasteiger partial charge in [-0.3, -0.25) is 0 Å². The zero-order valence-electron chi connectivity index (χ0n) is 10.3. The monoisotopic (exact) mass is 231 g/mol. The predicted molar refractivity (Wildman–Crippen MR) is 69.8 cm³/mol. The van der Waals surface area contributed by atoms with E-state index in [1.807, 2.05) is 0 Å². The number of hydrogen-bond donors (Lipinski definition) is 1. The van der Waals surface area contributed by atoms with E-state index in [1.165, 1.54) is 37.6 Å². The highest BCUT2D eigenvalue weighted by Gasteiger charge is 2.12. The lowest BCUT2D eigenvalue weighted by Crippen LogP contribution is -2.40. The molecule has 0 radical (unpaired) electrons. The molecule has 1 saturated heterocycles. The first-order valence-electron chi connectivity index (χ1n) is 5.83. The summed E-state index contributed by atoms with van der Waals surface area (Å²) in [5.41, 5.74) is 0. The lowest BCUT2D eigenvalue weighted by atomic mass is 10.2. The first-order chi connectivity index (χ1) is 7.18. The van der Waals surface area contributed by atoms with Crippen LogP contribution >= 0.6 is 11.8 Å². The van der Waals surface area contributed by atoms with Crippen LogP contribution in [0, 0.1) is 0 Å². The largest absolute Gasteiger partial charge is 0.312 e. The number of nitrogens with one attached hydrogen (secondary N) is 1. The van der Waals surface area contributed by atoms with Crippen LogP contribution in [-0.4, -0.2) is 74.7 Å². The molecule has 0 aromatic rings. The smallest absolute Gasteiger partial charge is 0.0170 e. The molecule has 3 nitrogen and oxygen atoms in total. The highest BCUT2D eigenvalue weighted by Crippen LogP contribution is 2.10. The Hall–Kier alpha value is 0.230. The van der Waals surface area contributed by atoms with E-state index in [-0.39, 0.29) is 0 Å². The van der Waals surface area contributed by atoms with Crippen molar-refractivity contribution in [2.24, 2.45) is 0 Å². The second-order valence-electron chi connectivity index (χ2n) is 4.62. The maximum absolute atomic E-state index is 3.58. The van der Waals surface area contributed by atoms with Gasteiger partial charge in [0.15, 0.2) is 0 Å². The SMILES string of the molecule is CN(C)CCN(C)CCC1CSCCN1. The molecule has 0 amide bonds. The molecule has 0 aliphatic carbocycles. The van der Waals surface area contributed by atoms with Gasteiger partial charge in [0.25, 0.3) is 0 Å². The minimum absolute atomic E-state index is 0.741. The Morgan fingerprint density at radius 2 is 2.00 bits per heavy atom. The van der Waals surface area contributed by atoms with Crippen LogP contribution in [0.3, 0.4) is 0 Å². The molecule has 1 N–H and O–H groups in total. The van der Waals surface area contributed by atoms with Crippen molar-refractivity contribution in [2.75, 3.05) is 58.8 Å². The highest BCUT2D eigenvalue weighted by molar-refractivity contribution is 7.99. The average molecular weight is 231 g/mol. The maximum Gasteiger partial charge on any atom is 0.0170 e. The van der Waals surface area contributed by atoms with E-state index in [9.17, 15) is 0 Å². The Balaban J connectivity index is 2.02. The zero-order chi connectivity index (χ0) is 11.1. The molecule has 1 aliphatic heterocycles. The Bertz CT molecular complexity index is 158. The molecule has 1 atom stereocenters. The second-order valence-corrected chi connectivity index (χ2v) is 5.77. The van der Waals surface area contributed by atoms with Crippen LogP contribution in [0.25, 0.3) is 0 Å². The van der Waals surface area contributed by atoms with Gasteiger partial charge in [0.1, 0.15) is 0 Å². The third kappa shape index (κ3) is 6.40. The molecule has 0 spiro atoms. The molecule has 0 aromatic heterocycles. The van der Waals surface area contributed by atoms with Crippen molar-refractivity contribution in [1.82, 2.24) is 15.1 Å². The summed E-state index contributed by atoms with van der Waals surface area (Å²) in [6, 6.07) is 0.741. The second kappa shape index (κ2) is 7.49. The minimum Gasteiger partial charge on any atom is -0.312 e. The van der Waals surface area contributed by atoms with Crippen LogP contribution in [-0.2, 0) is 0 Å². The highest BCUT2D eigenvalue weighted by atomic mass is 32.2. The molecule has 1 unspecified atom stereocenters. The first-order valence-corrected chi connectivity index (χ1v) is 6.98. The Labute approximate surface area is 98.6 Å². The summed E-state index contributed by atoms with van der Waals surface area (Å²) in [6.45, 7) is 4.74. The lowest BCUT2D eigenvalue weighted by molar-refractivity contribution is 0.270. The fraction of sp³-hybridized carbons (Fsp3) is 1.00. The van der Waals surface area contributed by atoms with E-state index < -0.39 is 0 Å². The molecule has 0 bridgehead atoms. The summed E-state index contributed by atoms with van der Waals surface area (Å²) < 4.78 is 0. The quantitative estimate of drug-likeness (QED) is 0.720. The topological polar surface area (TPSA) is 18.5 Å². The number of thioether (sulfide) groups is 1. The van der Waals surface area contributed by atoms with Crippen molar-refractivity contribution in [3.63, 3.8) is 0 Å². The normalized spacial score (nSPS) is 22.6. The van der Waals surface area contributed by atoms with Crippen LogP contribution in [0.5, 0.6) is 0 Å². The Kier molecular flexibility index (Phi) is 6.64. The molecule has 4 heteroatoms. The predicted octanol–water partition coefficient (Wildman–Crippen LogP) is 0.575. The van der Waals surface area contributed by atoms with Gasteiger partial charge in [-0.25, -0.2) is 0 Å². The van der Waals surface area contributed by atoms with Gasteiger partial charge >= 0.3 is 0 Å². The molecular weight excluding hydrogens is 206 g/mol. The summed E-state index contributed by atoms with van der Waals surface area (Å²) in [5.74, 6) is 2.58. The molecule has 1 heterocycles. The maximum atomic E-state index is 3.58. The fourth-order valence-electron chi connectivity index (χ4n) is 1.66. The fourth-order valence-corrected chi connectivity index (χ4v) is 2.66. The molecule has 0 saturated carbocycles. The van der Waals surface area contributed by atoms with Crippen LogP contribution in [0.15, 0.2) is 0 Å². The zero-order valence-corrected chi connectivity index (χ0v) is 11.1. The van der Waals surface area contributed by atoms with Gasteiger partial charge in [-0.05, 0) is 34.1 Å². The summed E-state index contributed by atoms with van der Waals surface area (Å²) in [7, 11) is 6.49. The number of hydrogen-bond acceptors (Lipinski definition) is 4. The van der Waals surface area contributed by atoms with Gasteiger partial charge in [-0.15, -0.1) is 0 Å². The Morgan fingerprint density at radius 3 is 2.60 bits per heavy atom. The van der Waals surface area contributed by atoms with Crippen LogP contribution in [0.1, 0.15) is 6.42 Å². The third-order valence-corrected chi connectivity index (χ3v) is 3.92. The van der Waals surface area contributed by atoms with Gasteiger partial charge in [-0.1, -0.05) is 0 Å². The standard InChI is InChI=1S/C11H25N3S/c1-13(2)7-8-14(3)6-4-11-10-15-9-5-12-11/h11-12H,4-10H2,1-3H3. The molecule has 1 aliphatic rings. The first kappa shape index (κ1) is 13.3. The van der Waals surface area contributed by atoms with Crippen molar-refractivity contribution in [3.05, 3.63) is 0 Å². The van der Waals surface area contributed by atoms with E-state index in [1.54, 1.807) is 0 Å². The van der Waals surface area contributed by atoms with Crippen LogP contribution in [0.4, 0.5) is 0 Å². The van der Waals surface area contributed by atoms with Gasteiger partial charge in [0.2, 0.25) is 0 Å². The number of rotatable bonds is 6. The Morgan fingerprint density at radius 1 is 1.20 bits per heavy atom. The summed E-state index contributed by atoms with van der Waals surface area (Å²) >= 11 is 2.08. The van der Waals surface area contributed by atoms with E-state index in [0.717, 1.165) is 12.6 Å². The average Bonchev–Trinajstić information content (AvgIpc) is 2.25. The van der Waals surface area contributed by atoms with Crippen molar-refractivity contribution in [1.29, 1.82) is 0 Å². The van der Waals surface area contributed by atoms with E-state index in [4.69, 9.17) is 0 Å². The molecular formula is C11H25N3S. The van der Waals surface area contributed by atoms with Crippen molar-refractivity contribution < 1.29 is 0 Å². The van der Waals surface area contributed by atoms with Gasteiger partial charge < -0.3 is 15.1 Å². The summed E-state index contributed by atoms with van der Waals surface area (Å²) in [6.07, 6.45) is 1.29. The van der Waals surface area contributed by atoms with Crippen molar-refractivity contribution in [2.45, 2.75) is 12.5 Å². The van der Waals surface area contributed by atoms with E-state index in [0.29, 0.717) is 0 Å². The lowest BCUT2D eigenvalue weighted by Gasteiger charge is -2.26. The summed E-state index contributed by atoms with van der Waals surface area (Å²) in [4.78, 5) is 4.67. The van der Waals surface area contributed by atoms with Crippen LogP contribution < -0.4 is 5.32 Å².